The van der Waals surface area contributed by atoms with Crippen LogP contribution in [0.5, 0.6) is 0 Å². The fourth-order valence-electron chi connectivity index (χ4n) is 3.80. The van der Waals surface area contributed by atoms with Gasteiger partial charge in [0.1, 0.15) is 0 Å². The molecule has 0 radical (unpaired) electrons. The van der Waals surface area contributed by atoms with Crippen LogP contribution in [-0.4, -0.2) is 61.5 Å². The summed E-state index contributed by atoms with van der Waals surface area (Å²) >= 11 is 1.82. The van der Waals surface area contributed by atoms with Gasteiger partial charge in [0.15, 0.2) is 0 Å². The van der Waals surface area contributed by atoms with Crippen molar-refractivity contribution in [1.29, 1.82) is 0 Å². The molecule has 1 aromatic heterocycles. The predicted molar refractivity (Wildman–Crippen MR) is 112 cm³/mol. The normalized spacial score (nSPS) is 15.5. The molecule has 2 heterocycles. The second-order valence-corrected chi connectivity index (χ2v) is 8.10. The van der Waals surface area contributed by atoms with E-state index in [0.29, 0.717) is 0 Å². The number of thiophene rings is 1. The molecular formula is C21H31N3OS. The second-order valence-electron chi connectivity index (χ2n) is 7.15. The zero-order chi connectivity index (χ0) is 18.4. The summed E-state index contributed by atoms with van der Waals surface area (Å²) in [6.07, 6.45) is 3.32. The summed E-state index contributed by atoms with van der Waals surface area (Å²) < 4.78 is 1.38. The molecule has 26 heavy (non-hydrogen) atoms. The second kappa shape index (κ2) is 9.38. The Balaban J connectivity index is 1.42. The Morgan fingerprint density at radius 3 is 2.65 bits per heavy atom. The largest absolute Gasteiger partial charge is 0.368 e. The summed E-state index contributed by atoms with van der Waals surface area (Å²) in [6.45, 7) is 11.2. The van der Waals surface area contributed by atoms with E-state index in [1.54, 1.807) is 6.92 Å². The van der Waals surface area contributed by atoms with E-state index in [1.165, 1.54) is 22.2 Å². The van der Waals surface area contributed by atoms with Gasteiger partial charge in [0.2, 0.25) is 5.91 Å². The number of carbonyl (C=O) groups is 1. The molecule has 0 N–H and O–H groups in total. The van der Waals surface area contributed by atoms with Crippen molar-refractivity contribution in [2.45, 2.75) is 33.1 Å². The highest BCUT2D eigenvalue weighted by molar-refractivity contribution is 7.17. The molecule has 1 aliphatic rings. The van der Waals surface area contributed by atoms with Crippen molar-refractivity contribution in [3.05, 3.63) is 29.6 Å². The van der Waals surface area contributed by atoms with E-state index in [1.807, 2.05) is 16.2 Å². The van der Waals surface area contributed by atoms with Crippen LogP contribution in [0.3, 0.4) is 0 Å². The molecule has 0 spiro atoms. The first-order valence-corrected chi connectivity index (χ1v) is 10.8. The lowest BCUT2D eigenvalue weighted by Crippen LogP contribution is -2.46. The number of anilines is 1. The minimum Gasteiger partial charge on any atom is -0.368 e. The van der Waals surface area contributed by atoms with Crippen molar-refractivity contribution in [2.75, 3.05) is 50.7 Å². The minimum absolute atomic E-state index is 0.211. The Kier molecular flexibility index (Phi) is 6.92. The monoisotopic (exact) mass is 373 g/mol. The SMILES string of the molecule is CCCN(CCCCN1CCN(c2cccc3sccc23)CC1)C(C)=O. The number of unbranched alkanes of at least 4 members (excludes halogenated alkanes) is 1. The van der Waals surface area contributed by atoms with Gasteiger partial charge in [-0.2, -0.15) is 0 Å². The van der Waals surface area contributed by atoms with Crippen LogP contribution in [0.25, 0.3) is 10.1 Å². The standard InChI is InChI=1S/C21H31N3OS/c1-3-10-23(18(2)25)12-5-4-11-22-13-15-24(16-14-22)20-7-6-8-21-19(20)9-17-26-21/h6-9,17H,3-5,10-16H2,1-2H3. The van der Waals surface area contributed by atoms with Crippen LogP contribution in [0, 0.1) is 0 Å². The highest BCUT2D eigenvalue weighted by Crippen LogP contribution is 2.31. The summed E-state index contributed by atoms with van der Waals surface area (Å²) in [4.78, 5) is 18.7. The van der Waals surface area contributed by atoms with Crippen LogP contribution in [0.2, 0.25) is 0 Å². The Labute approximate surface area is 161 Å². The predicted octanol–water partition coefficient (Wildman–Crippen LogP) is 4.06. The number of benzene rings is 1. The van der Waals surface area contributed by atoms with E-state index in [0.717, 1.165) is 58.7 Å². The summed E-state index contributed by atoms with van der Waals surface area (Å²) in [6, 6.07) is 8.90. The minimum atomic E-state index is 0.211. The van der Waals surface area contributed by atoms with Gasteiger partial charge in [-0.1, -0.05) is 13.0 Å². The first-order valence-electron chi connectivity index (χ1n) is 9.88. The van der Waals surface area contributed by atoms with Crippen LogP contribution < -0.4 is 4.90 Å². The number of carbonyl (C=O) groups excluding carboxylic acids is 1. The number of piperazine rings is 1. The van der Waals surface area contributed by atoms with Crippen LogP contribution in [0.15, 0.2) is 29.6 Å². The number of hydrogen-bond acceptors (Lipinski definition) is 4. The molecule has 1 fully saturated rings. The summed E-state index contributed by atoms with van der Waals surface area (Å²) in [5, 5.41) is 3.58. The van der Waals surface area contributed by atoms with Gasteiger partial charge < -0.3 is 9.80 Å². The summed E-state index contributed by atoms with van der Waals surface area (Å²) in [5.74, 6) is 0.211. The van der Waals surface area contributed by atoms with Crippen molar-refractivity contribution in [2.24, 2.45) is 0 Å². The summed E-state index contributed by atoms with van der Waals surface area (Å²) in [7, 11) is 0. The van der Waals surface area contributed by atoms with Crippen LogP contribution >= 0.6 is 11.3 Å². The molecule has 142 valence electrons. The quantitative estimate of drug-likeness (QED) is 0.653. The number of rotatable bonds is 8. The number of amides is 1. The third kappa shape index (κ3) is 4.77. The van der Waals surface area contributed by atoms with E-state index < -0.39 is 0 Å². The van der Waals surface area contributed by atoms with E-state index in [-0.39, 0.29) is 5.91 Å². The topological polar surface area (TPSA) is 26.8 Å². The third-order valence-corrected chi connectivity index (χ3v) is 6.16. The molecule has 4 nitrogen and oxygen atoms in total. The van der Waals surface area contributed by atoms with Crippen LogP contribution in [0.1, 0.15) is 33.1 Å². The Hall–Kier alpha value is -1.59. The zero-order valence-corrected chi connectivity index (χ0v) is 16.9. The number of fused-ring (bicyclic) bond motifs is 1. The molecule has 1 saturated heterocycles. The molecule has 0 unspecified atom stereocenters. The lowest BCUT2D eigenvalue weighted by Gasteiger charge is -2.36. The van der Waals surface area contributed by atoms with E-state index >= 15 is 0 Å². The Morgan fingerprint density at radius 1 is 1.12 bits per heavy atom. The molecule has 1 amide bonds. The lowest BCUT2D eigenvalue weighted by atomic mass is 10.1. The first-order chi connectivity index (χ1) is 12.7. The molecule has 1 aliphatic heterocycles. The molecule has 0 bridgehead atoms. The van der Waals surface area contributed by atoms with Gasteiger partial charge in [-0.3, -0.25) is 9.69 Å². The molecule has 0 atom stereocenters. The molecule has 0 aliphatic carbocycles. The van der Waals surface area contributed by atoms with Gasteiger partial charge in [0.25, 0.3) is 0 Å². The molecule has 5 heteroatoms. The summed E-state index contributed by atoms with van der Waals surface area (Å²) in [5.41, 5.74) is 1.39. The van der Waals surface area contributed by atoms with Gasteiger partial charge in [-0.15, -0.1) is 11.3 Å². The average Bonchev–Trinajstić information content (AvgIpc) is 3.13. The van der Waals surface area contributed by atoms with Gasteiger partial charge in [0.05, 0.1) is 0 Å². The molecular weight excluding hydrogens is 342 g/mol. The van der Waals surface area contributed by atoms with Crippen molar-refractivity contribution >= 4 is 33.0 Å². The Morgan fingerprint density at radius 2 is 1.92 bits per heavy atom. The van der Waals surface area contributed by atoms with E-state index in [9.17, 15) is 4.79 Å². The fraction of sp³-hybridized carbons (Fsp3) is 0.571. The van der Waals surface area contributed by atoms with Gasteiger partial charge in [0, 0.05) is 62.0 Å². The highest BCUT2D eigenvalue weighted by atomic mass is 32.1. The van der Waals surface area contributed by atoms with Gasteiger partial charge in [-0.05, 0) is 49.4 Å². The Bertz CT molecular complexity index is 706. The maximum Gasteiger partial charge on any atom is 0.219 e. The zero-order valence-electron chi connectivity index (χ0n) is 16.1. The van der Waals surface area contributed by atoms with Crippen LogP contribution in [-0.2, 0) is 4.79 Å². The lowest BCUT2D eigenvalue weighted by molar-refractivity contribution is -0.128. The first kappa shape index (κ1) is 19.2. The molecule has 1 aromatic carbocycles. The van der Waals surface area contributed by atoms with Crippen LogP contribution in [0.4, 0.5) is 5.69 Å². The van der Waals surface area contributed by atoms with Gasteiger partial charge >= 0.3 is 0 Å². The molecule has 2 aromatic rings. The van der Waals surface area contributed by atoms with Crippen molar-refractivity contribution < 1.29 is 4.79 Å². The van der Waals surface area contributed by atoms with E-state index in [4.69, 9.17) is 0 Å². The maximum atomic E-state index is 11.6. The average molecular weight is 374 g/mol. The third-order valence-electron chi connectivity index (χ3n) is 5.28. The van der Waals surface area contributed by atoms with Crippen molar-refractivity contribution in [3.8, 4) is 0 Å². The fourth-order valence-corrected chi connectivity index (χ4v) is 4.61. The van der Waals surface area contributed by atoms with Crippen molar-refractivity contribution in [3.63, 3.8) is 0 Å². The van der Waals surface area contributed by atoms with E-state index in [2.05, 4.69) is 46.4 Å². The number of hydrogen-bond donors (Lipinski definition) is 0. The number of nitrogens with zero attached hydrogens (tertiary/aromatic N) is 3. The van der Waals surface area contributed by atoms with Crippen molar-refractivity contribution in [1.82, 2.24) is 9.80 Å². The van der Waals surface area contributed by atoms with Gasteiger partial charge in [-0.25, -0.2) is 0 Å². The highest BCUT2D eigenvalue weighted by Gasteiger charge is 2.18. The molecule has 0 saturated carbocycles. The maximum absolute atomic E-state index is 11.6. The smallest absolute Gasteiger partial charge is 0.219 e. The molecule has 3 rings (SSSR count).